The Labute approximate surface area is 117 Å². The number of aromatic amines is 1. The minimum Gasteiger partial charge on any atom is -0.398 e. The van der Waals surface area contributed by atoms with Gasteiger partial charge in [0, 0.05) is 10.0 Å². The second-order valence-electron chi connectivity index (χ2n) is 3.98. The van der Waals surface area contributed by atoms with E-state index in [-0.39, 0.29) is 0 Å². The molecule has 3 nitrogen and oxygen atoms in total. The van der Waals surface area contributed by atoms with Crippen molar-refractivity contribution in [3.8, 4) is 11.4 Å². The van der Waals surface area contributed by atoms with Gasteiger partial charge >= 0.3 is 0 Å². The van der Waals surface area contributed by atoms with Gasteiger partial charge in [0.25, 0.3) is 0 Å². The van der Waals surface area contributed by atoms with E-state index in [0.717, 1.165) is 26.9 Å². The third-order valence-electron chi connectivity index (χ3n) is 2.71. The monoisotopic (exact) mass is 321 g/mol. The molecule has 3 N–H and O–H groups in total. The zero-order valence-corrected chi connectivity index (χ0v) is 11.6. The molecule has 0 spiro atoms. The van der Waals surface area contributed by atoms with Crippen LogP contribution in [0.3, 0.4) is 0 Å². The van der Waals surface area contributed by atoms with Crippen molar-refractivity contribution in [3.63, 3.8) is 0 Å². The lowest BCUT2D eigenvalue weighted by Gasteiger charge is -2.00. The minimum absolute atomic E-state index is 0.552. The van der Waals surface area contributed by atoms with Crippen LogP contribution in [-0.4, -0.2) is 9.97 Å². The van der Waals surface area contributed by atoms with E-state index in [0.29, 0.717) is 10.7 Å². The fourth-order valence-corrected chi connectivity index (χ4v) is 2.29. The van der Waals surface area contributed by atoms with Gasteiger partial charge in [-0.05, 0) is 36.4 Å². The van der Waals surface area contributed by atoms with Crippen molar-refractivity contribution >= 4 is 44.3 Å². The summed E-state index contributed by atoms with van der Waals surface area (Å²) in [6.45, 7) is 0. The van der Waals surface area contributed by atoms with E-state index in [1.807, 2.05) is 30.3 Å². The van der Waals surface area contributed by atoms with E-state index in [4.69, 9.17) is 17.3 Å². The minimum atomic E-state index is 0.552. The van der Waals surface area contributed by atoms with E-state index in [1.165, 1.54) is 0 Å². The third kappa shape index (κ3) is 1.98. The van der Waals surface area contributed by atoms with Gasteiger partial charge in [0.2, 0.25) is 0 Å². The first-order valence-electron chi connectivity index (χ1n) is 5.34. The van der Waals surface area contributed by atoms with Gasteiger partial charge in [-0.15, -0.1) is 0 Å². The number of fused-ring (bicyclic) bond motifs is 1. The van der Waals surface area contributed by atoms with Gasteiger partial charge in [0.15, 0.2) is 0 Å². The first-order chi connectivity index (χ1) is 8.63. The number of benzene rings is 2. The lowest BCUT2D eigenvalue weighted by Crippen LogP contribution is -1.88. The highest BCUT2D eigenvalue weighted by molar-refractivity contribution is 9.10. The summed E-state index contributed by atoms with van der Waals surface area (Å²) in [4.78, 5) is 7.78. The molecule has 0 atom stereocenters. The average Bonchev–Trinajstić information content (AvgIpc) is 2.75. The van der Waals surface area contributed by atoms with Crippen LogP contribution in [0.15, 0.2) is 40.9 Å². The number of H-pyrrole nitrogens is 1. The molecule has 0 aliphatic carbocycles. The molecule has 18 heavy (non-hydrogen) atoms. The van der Waals surface area contributed by atoms with E-state index in [1.54, 1.807) is 6.07 Å². The molecule has 0 bridgehead atoms. The van der Waals surface area contributed by atoms with Crippen molar-refractivity contribution in [2.24, 2.45) is 0 Å². The van der Waals surface area contributed by atoms with Crippen molar-refractivity contribution in [3.05, 3.63) is 45.9 Å². The molecular formula is C13H9BrClN3. The molecule has 3 rings (SSSR count). The van der Waals surface area contributed by atoms with Crippen molar-refractivity contribution < 1.29 is 0 Å². The van der Waals surface area contributed by atoms with Crippen LogP contribution in [0.25, 0.3) is 22.4 Å². The molecule has 0 unspecified atom stereocenters. The van der Waals surface area contributed by atoms with Crippen molar-refractivity contribution in [2.75, 3.05) is 5.73 Å². The number of nitrogens with two attached hydrogens (primary N) is 1. The van der Waals surface area contributed by atoms with Crippen LogP contribution < -0.4 is 5.73 Å². The third-order valence-corrected chi connectivity index (χ3v) is 3.55. The highest BCUT2D eigenvalue weighted by atomic mass is 79.9. The van der Waals surface area contributed by atoms with Crippen molar-refractivity contribution in [1.82, 2.24) is 9.97 Å². The maximum Gasteiger partial charge on any atom is 0.138 e. The Morgan fingerprint density at radius 1 is 1.17 bits per heavy atom. The van der Waals surface area contributed by atoms with Crippen LogP contribution in [0.4, 0.5) is 5.69 Å². The summed E-state index contributed by atoms with van der Waals surface area (Å²) in [5.74, 6) is 0.784. The van der Waals surface area contributed by atoms with Crippen LogP contribution in [0.5, 0.6) is 0 Å². The van der Waals surface area contributed by atoms with Gasteiger partial charge in [-0.2, -0.15) is 0 Å². The molecule has 0 fully saturated rings. The number of rotatable bonds is 1. The average molecular weight is 323 g/mol. The Morgan fingerprint density at radius 3 is 2.78 bits per heavy atom. The molecule has 90 valence electrons. The maximum absolute atomic E-state index is 5.91. The topological polar surface area (TPSA) is 54.7 Å². The fraction of sp³-hybridized carbons (Fsp3) is 0. The smallest absolute Gasteiger partial charge is 0.138 e. The highest BCUT2D eigenvalue weighted by Crippen LogP contribution is 2.27. The Bertz CT molecular complexity index is 736. The van der Waals surface area contributed by atoms with E-state index in [2.05, 4.69) is 25.9 Å². The number of nitrogens with one attached hydrogen (secondary N) is 1. The largest absolute Gasteiger partial charge is 0.398 e. The molecule has 0 aliphatic heterocycles. The first kappa shape index (κ1) is 11.6. The summed E-state index contributed by atoms with van der Waals surface area (Å²) in [6, 6.07) is 11.4. The molecule has 1 heterocycles. The lowest BCUT2D eigenvalue weighted by molar-refractivity contribution is 1.34. The van der Waals surface area contributed by atoms with Crippen LogP contribution in [-0.2, 0) is 0 Å². The summed E-state index contributed by atoms with van der Waals surface area (Å²) >= 11 is 9.34. The number of halogens is 2. The molecule has 0 saturated carbocycles. The number of hydrogen-bond acceptors (Lipinski definition) is 2. The van der Waals surface area contributed by atoms with Gasteiger partial charge in [0.05, 0.1) is 21.7 Å². The second kappa shape index (κ2) is 4.30. The summed E-state index contributed by atoms with van der Waals surface area (Å²) in [6.07, 6.45) is 0. The predicted octanol–water partition coefficient (Wildman–Crippen LogP) is 4.23. The Balaban J connectivity index is 2.16. The zero-order chi connectivity index (χ0) is 12.7. The molecule has 0 amide bonds. The zero-order valence-electron chi connectivity index (χ0n) is 9.24. The Hall–Kier alpha value is -1.52. The summed E-state index contributed by atoms with van der Waals surface area (Å²) in [7, 11) is 0. The van der Waals surface area contributed by atoms with Crippen molar-refractivity contribution in [1.29, 1.82) is 0 Å². The first-order valence-corrected chi connectivity index (χ1v) is 6.51. The van der Waals surface area contributed by atoms with Gasteiger partial charge < -0.3 is 10.7 Å². The molecule has 0 aliphatic rings. The van der Waals surface area contributed by atoms with Gasteiger partial charge in [0.1, 0.15) is 5.82 Å². The molecule has 0 radical (unpaired) electrons. The number of imidazole rings is 1. The van der Waals surface area contributed by atoms with E-state index < -0.39 is 0 Å². The number of anilines is 1. The van der Waals surface area contributed by atoms with Crippen LogP contribution in [0.2, 0.25) is 5.02 Å². The standard InChI is InChI=1S/C13H9BrClN3/c14-8-2-4-11-12(6-8)18-13(17-11)7-1-3-9(15)10(16)5-7/h1-6H,16H2,(H,17,18). The summed E-state index contributed by atoms with van der Waals surface area (Å²) < 4.78 is 1.01. The van der Waals surface area contributed by atoms with Crippen LogP contribution in [0.1, 0.15) is 0 Å². The predicted molar refractivity (Wildman–Crippen MR) is 78.7 cm³/mol. The lowest BCUT2D eigenvalue weighted by atomic mass is 10.2. The molecule has 2 aromatic carbocycles. The van der Waals surface area contributed by atoms with Crippen molar-refractivity contribution in [2.45, 2.75) is 0 Å². The van der Waals surface area contributed by atoms with Gasteiger partial charge in [-0.3, -0.25) is 0 Å². The summed E-state index contributed by atoms with van der Waals surface area (Å²) in [5, 5.41) is 0.553. The molecule has 1 aromatic heterocycles. The van der Waals surface area contributed by atoms with E-state index in [9.17, 15) is 0 Å². The molecular weight excluding hydrogens is 314 g/mol. The summed E-state index contributed by atoms with van der Waals surface area (Å²) in [5.41, 5.74) is 9.17. The number of aromatic nitrogens is 2. The molecule has 5 heteroatoms. The number of nitrogens with zero attached hydrogens (tertiary/aromatic N) is 1. The maximum atomic E-state index is 5.91. The Kier molecular flexibility index (Phi) is 2.76. The number of nitrogen functional groups attached to an aromatic ring is 1. The van der Waals surface area contributed by atoms with Crippen LogP contribution in [0, 0.1) is 0 Å². The highest BCUT2D eigenvalue weighted by Gasteiger charge is 2.07. The number of hydrogen-bond donors (Lipinski definition) is 2. The molecule has 0 saturated heterocycles. The normalized spacial score (nSPS) is 11.0. The SMILES string of the molecule is Nc1cc(-c2nc3ccc(Br)cc3[nH]2)ccc1Cl. The quantitative estimate of drug-likeness (QED) is 0.659. The van der Waals surface area contributed by atoms with E-state index >= 15 is 0 Å². The van der Waals surface area contributed by atoms with Gasteiger partial charge in [-0.1, -0.05) is 27.5 Å². The fourth-order valence-electron chi connectivity index (χ4n) is 1.81. The second-order valence-corrected chi connectivity index (χ2v) is 5.31. The molecule has 3 aromatic rings. The van der Waals surface area contributed by atoms with Gasteiger partial charge in [-0.25, -0.2) is 4.98 Å². The van der Waals surface area contributed by atoms with Crippen LogP contribution >= 0.6 is 27.5 Å². The Morgan fingerprint density at radius 2 is 2.00 bits per heavy atom.